The molecule has 0 saturated carbocycles. The van der Waals surface area contributed by atoms with Gasteiger partial charge >= 0.3 is 0 Å². The normalized spacial score (nSPS) is 12.1. The lowest BCUT2D eigenvalue weighted by Crippen LogP contribution is -2.27. The van der Waals surface area contributed by atoms with Crippen LogP contribution in [-0.4, -0.2) is 50.4 Å². The number of hydrogen-bond acceptors (Lipinski definition) is 5. The molecule has 0 aliphatic carbocycles. The highest BCUT2D eigenvalue weighted by atomic mass is 35.5. The van der Waals surface area contributed by atoms with Crippen LogP contribution in [0.15, 0.2) is 42.5 Å². The average molecular weight is 484 g/mol. The second-order valence-electron chi connectivity index (χ2n) is 7.87. The Morgan fingerprint density at radius 1 is 1.00 bits per heavy atom. The van der Waals surface area contributed by atoms with Crippen LogP contribution >= 0.6 is 22.9 Å². The molecule has 2 N–H and O–H groups in total. The van der Waals surface area contributed by atoms with Gasteiger partial charge < -0.3 is 20.3 Å². The molecule has 33 heavy (non-hydrogen) atoms. The fraction of sp³-hybridized carbons (Fsp3) is 0.208. The summed E-state index contributed by atoms with van der Waals surface area (Å²) in [4.78, 5) is 41.6. The van der Waals surface area contributed by atoms with Gasteiger partial charge in [-0.1, -0.05) is 11.6 Å². The molecule has 0 saturated heterocycles. The second-order valence-corrected chi connectivity index (χ2v) is 9.33. The van der Waals surface area contributed by atoms with Gasteiger partial charge in [0.1, 0.15) is 5.75 Å². The summed E-state index contributed by atoms with van der Waals surface area (Å²) in [6.45, 7) is 0.420. The van der Waals surface area contributed by atoms with Crippen LogP contribution in [0.1, 0.15) is 36.0 Å². The Balaban J connectivity index is 1.69. The molecule has 2 aromatic carbocycles. The smallest absolute Gasteiger partial charge is 0.268 e. The van der Waals surface area contributed by atoms with Crippen molar-refractivity contribution in [1.29, 1.82) is 0 Å². The molecule has 0 atom stereocenters. The molecule has 0 spiro atoms. The zero-order chi connectivity index (χ0) is 23.9. The van der Waals surface area contributed by atoms with Gasteiger partial charge in [-0.3, -0.25) is 14.4 Å². The van der Waals surface area contributed by atoms with E-state index in [0.717, 1.165) is 16.0 Å². The number of amides is 3. The SMILES string of the molecule is CN(C)C(=O)c1ccc(Cl)c(N(C)C(=O)c2cc3c(s2)-c2ccc(C(N)=O)cc2OCC3)c1. The summed E-state index contributed by atoms with van der Waals surface area (Å²) in [5.74, 6) is -0.372. The maximum absolute atomic E-state index is 13.4. The number of primary amides is 1. The van der Waals surface area contributed by atoms with Crippen LogP contribution in [0.25, 0.3) is 10.4 Å². The van der Waals surface area contributed by atoms with Crippen LogP contribution in [0.5, 0.6) is 5.75 Å². The van der Waals surface area contributed by atoms with E-state index < -0.39 is 5.91 Å². The van der Waals surface area contributed by atoms with Gasteiger partial charge in [0.2, 0.25) is 5.91 Å². The van der Waals surface area contributed by atoms with Crippen molar-refractivity contribution in [2.24, 2.45) is 5.73 Å². The summed E-state index contributed by atoms with van der Waals surface area (Å²) in [5, 5.41) is 0.372. The molecular formula is C24H22ClN3O4S. The lowest BCUT2D eigenvalue weighted by atomic mass is 10.1. The number of fused-ring (bicyclic) bond motifs is 3. The van der Waals surface area contributed by atoms with Gasteiger partial charge in [-0.25, -0.2) is 0 Å². The zero-order valence-electron chi connectivity index (χ0n) is 18.3. The van der Waals surface area contributed by atoms with E-state index in [1.165, 1.54) is 21.1 Å². The van der Waals surface area contributed by atoms with Gasteiger partial charge in [0.05, 0.1) is 22.2 Å². The average Bonchev–Trinajstić information content (AvgIpc) is 3.14. The summed E-state index contributed by atoms with van der Waals surface area (Å²) in [7, 11) is 4.96. The largest absolute Gasteiger partial charge is 0.493 e. The Hall–Kier alpha value is -3.36. The number of benzene rings is 2. The number of nitrogens with two attached hydrogens (primary N) is 1. The van der Waals surface area contributed by atoms with E-state index in [0.29, 0.717) is 45.5 Å². The fourth-order valence-electron chi connectivity index (χ4n) is 3.64. The van der Waals surface area contributed by atoms with Crippen LogP contribution in [0.4, 0.5) is 5.69 Å². The van der Waals surface area contributed by atoms with Gasteiger partial charge in [0.15, 0.2) is 0 Å². The van der Waals surface area contributed by atoms with E-state index in [1.807, 2.05) is 6.07 Å². The van der Waals surface area contributed by atoms with Gasteiger partial charge in [-0.15, -0.1) is 11.3 Å². The monoisotopic (exact) mass is 483 g/mol. The highest BCUT2D eigenvalue weighted by Crippen LogP contribution is 2.42. The third-order valence-electron chi connectivity index (χ3n) is 5.42. The lowest BCUT2D eigenvalue weighted by Gasteiger charge is -2.19. The Labute approximate surface area is 200 Å². The molecule has 9 heteroatoms. The molecule has 170 valence electrons. The summed E-state index contributed by atoms with van der Waals surface area (Å²) >= 11 is 7.72. The number of carbonyl (C=O) groups is 3. The third kappa shape index (κ3) is 4.31. The molecule has 7 nitrogen and oxygen atoms in total. The first-order valence-corrected chi connectivity index (χ1v) is 11.4. The van der Waals surface area contributed by atoms with Crippen LogP contribution < -0.4 is 15.4 Å². The number of halogens is 1. The van der Waals surface area contributed by atoms with Crippen LogP contribution in [0, 0.1) is 0 Å². The standard InChI is InChI=1S/C24H22ClN3O4S/c1-27(2)23(30)15-5-7-17(25)18(10-15)28(3)24(31)20-12-13-8-9-32-19-11-14(22(26)29)4-6-16(19)21(13)33-20/h4-7,10-12H,8-9H2,1-3H3,(H2,26,29). The van der Waals surface area contributed by atoms with Crippen molar-refractivity contribution in [2.45, 2.75) is 6.42 Å². The number of carbonyl (C=O) groups excluding carboxylic acids is 3. The highest BCUT2D eigenvalue weighted by Gasteiger charge is 2.25. The second kappa shape index (κ2) is 8.88. The first-order valence-electron chi connectivity index (χ1n) is 10.2. The number of thiophene rings is 1. The van der Waals surface area contributed by atoms with E-state index in [1.54, 1.807) is 57.5 Å². The summed E-state index contributed by atoms with van der Waals surface area (Å²) in [6, 6.07) is 11.8. The van der Waals surface area contributed by atoms with Gasteiger partial charge in [-0.05, 0) is 48.0 Å². The predicted octanol–water partition coefficient (Wildman–Crippen LogP) is 4.08. The van der Waals surface area contributed by atoms with E-state index in [-0.39, 0.29) is 11.8 Å². The van der Waals surface area contributed by atoms with Crippen molar-refractivity contribution in [3.05, 3.63) is 69.1 Å². The van der Waals surface area contributed by atoms with Crippen LogP contribution in [0.3, 0.4) is 0 Å². The molecule has 3 amide bonds. The molecule has 0 bridgehead atoms. The van der Waals surface area contributed by atoms with E-state index in [2.05, 4.69) is 0 Å². The first-order chi connectivity index (χ1) is 15.7. The van der Waals surface area contributed by atoms with Gasteiger partial charge in [0, 0.05) is 49.1 Å². The maximum atomic E-state index is 13.4. The first kappa shape index (κ1) is 22.8. The van der Waals surface area contributed by atoms with Crippen LogP contribution in [-0.2, 0) is 6.42 Å². The van der Waals surface area contributed by atoms with E-state index >= 15 is 0 Å². The van der Waals surface area contributed by atoms with E-state index in [4.69, 9.17) is 22.1 Å². The van der Waals surface area contributed by atoms with Crippen LogP contribution in [0.2, 0.25) is 5.02 Å². The van der Waals surface area contributed by atoms with Crippen molar-refractivity contribution in [3.63, 3.8) is 0 Å². The van der Waals surface area contributed by atoms with Crippen molar-refractivity contribution in [1.82, 2.24) is 4.90 Å². The molecular weight excluding hydrogens is 462 g/mol. The van der Waals surface area contributed by atoms with Crippen molar-refractivity contribution in [3.8, 4) is 16.2 Å². The van der Waals surface area contributed by atoms with Crippen molar-refractivity contribution < 1.29 is 19.1 Å². The third-order valence-corrected chi connectivity index (χ3v) is 6.94. The highest BCUT2D eigenvalue weighted by molar-refractivity contribution is 7.17. The topological polar surface area (TPSA) is 92.9 Å². The molecule has 3 aromatic rings. The summed E-state index contributed by atoms with van der Waals surface area (Å²) < 4.78 is 5.82. The molecule has 0 radical (unpaired) electrons. The van der Waals surface area contributed by atoms with E-state index in [9.17, 15) is 14.4 Å². The molecule has 0 unspecified atom stereocenters. The minimum atomic E-state index is -0.526. The molecule has 4 rings (SSSR count). The minimum absolute atomic E-state index is 0.177. The Morgan fingerprint density at radius 2 is 1.73 bits per heavy atom. The zero-order valence-corrected chi connectivity index (χ0v) is 19.9. The number of anilines is 1. The number of ether oxygens (including phenoxy) is 1. The maximum Gasteiger partial charge on any atom is 0.268 e. The van der Waals surface area contributed by atoms with Gasteiger partial charge in [0.25, 0.3) is 11.8 Å². The Morgan fingerprint density at radius 3 is 2.42 bits per heavy atom. The van der Waals surface area contributed by atoms with Crippen molar-refractivity contribution in [2.75, 3.05) is 32.6 Å². The summed E-state index contributed by atoms with van der Waals surface area (Å²) in [6.07, 6.45) is 0.622. The summed E-state index contributed by atoms with van der Waals surface area (Å²) in [5.41, 5.74) is 8.46. The molecule has 1 aliphatic rings. The Bertz CT molecular complexity index is 1280. The molecule has 1 aliphatic heterocycles. The molecule has 0 fully saturated rings. The Kier molecular flexibility index (Phi) is 6.14. The molecule has 2 heterocycles. The van der Waals surface area contributed by atoms with Gasteiger partial charge in [-0.2, -0.15) is 0 Å². The quantitative estimate of drug-likeness (QED) is 0.605. The fourth-order valence-corrected chi connectivity index (χ4v) is 5.10. The number of rotatable bonds is 4. The lowest BCUT2D eigenvalue weighted by molar-refractivity contribution is 0.0826. The number of nitrogens with zero attached hydrogens (tertiary/aromatic N) is 2. The molecule has 1 aromatic heterocycles. The predicted molar refractivity (Wildman–Crippen MR) is 130 cm³/mol. The minimum Gasteiger partial charge on any atom is -0.493 e. The number of hydrogen-bond donors (Lipinski definition) is 1. The van der Waals surface area contributed by atoms with Crippen molar-refractivity contribution >= 4 is 46.3 Å².